The first-order valence-corrected chi connectivity index (χ1v) is 4.88. The monoisotopic (exact) mass is 188 g/mol. The van der Waals surface area contributed by atoms with Crippen molar-refractivity contribution in [1.82, 2.24) is 0 Å². The maximum absolute atomic E-state index is 11.6. The van der Waals surface area contributed by atoms with Crippen molar-refractivity contribution in [2.45, 2.75) is 18.6 Å². The largest absolute Gasteiger partial charge is 0.400 e. The fourth-order valence-corrected chi connectivity index (χ4v) is 1.84. The van der Waals surface area contributed by atoms with Gasteiger partial charge in [-0.3, -0.25) is 0 Å². The van der Waals surface area contributed by atoms with Crippen molar-refractivity contribution in [3.63, 3.8) is 0 Å². The van der Waals surface area contributed by atoms with E-state index in [0.717, 1.165) is 0 Å². The summed E-state index contributed by atoms with van der Waals surface area (Å²) in [4.78, 5) is 0. The van der Waals surface area contributed by atoms with E-state index in [1.54, 1.807) is 0 Å². The van der Waals surface area contributed by atoms with Gasteiger partial charge >= 0.3 is 15.5 Å². The molecule has 0 radical (unpaired) electrons. The Kier molecular flexibility index (Phi) is 4.70. The van der Waals surface area contributed by atoms with Crippen LogP contribution in [0, 0.1) is 0 Å². The molecule has 0 amide bonds. The van der Waals surface area contributed by atoms with Crippen molar-refractivity contribution in [2.75, 3.05) is 14.2 Å². The molecule has 0 spiro atoms. The molecule has 2 nitrogen and oxygen atoms in total. The lowest BCUT2D eigenvalue weighted by atomic mass is 10.5. The highest BCUT2D eigenvalue weighted by molar-refractivity contribution is 6.44. The second-order valence-corrected chi connectivity index (χ2v) is 4.43. The van der Waals surface area contributed by atoms with Crippen LogP contribution in [0.1, 0.15) is 6.42 Å². The molecule has 0 heterocycles. The Morgan fingerprint density at radius 2 is 1.64 bits per heavy atom. The number of alkyl halides is 3. The van der Waals surface area contributed by atoms with Crippen molar-refractivity contribution in [2.24, 2.45) is 0 Å². The molecule has 0 saturated heterocycles. The molecular weight excluding hydrogens is 177 g/mol. The molecule has 68 valence electrons. The van der Waals surface area contributed by atoms with Gasteiger partial charge in [-0.05, 0) is 6.04 Å². The molecule has 11 heavy (non-hydrogen) atoms. The van der Waals surface area contributed by atoms with E-state index in [4.69, 9.17) is 8.85 Å². The predicted octanol–water partition coefficient (Wildman–Crippen LogP) is 1.45. The third-order valence-corrected chi connectivity index (χ3v) is 3.00. The van der Waals surface area contributed by atoms with Crippen LogP contribution in [0.5, 0.6) is 0 Å². The molecular formula is C5H11F3O2Si. The Balaban J connectivity index is 3.51. The summed E-state index contributed by atoms with van der Waals surface area (Å²) < 4.78 is 44.2. The fourth-order valence-electron chi connectivity index (χ4n) is 0.613. The van der Waals surface area contributed by atoms with E-state index in [1.165, 1.54) is 14.2 Å². The van der Waals surface area contributed by atoms with E-state index >= 15 is 0 Å². The lowest BCUT2D eigenvalue weighted by Crippen LogP contribution is -2.21. The quantitative estimate of drug-likeness (QED) is 0.622. The first-order valence-electron chi connectivity index (χ1n) is 3.12. The van der Waals surface area contributed by atoms with Crippen molar-refractivity contribution in [3.05, 3.63) is 0 Å². The number of hydrogen-bond acceptors (Lipinski definition) is 2. The van der Waals surface area contributed by atoms with Crippen LogP contribution in [0.15, 0.2) is 0 Å². The highest BCUT2D eigenvalue weighted by Gasteiger charge is 2.29. The molecule has 0 unspecified atom stereocenters. The zero-order valence-electron chi connectivity index (χ0n) is 6.44. The van der Waals surface area contributed by atoms with Crippen LogP contribution >= 0.6 is 0 Å². The SMILES string of the molecule is CO[SiH](CCC(F)(F)F)OC. The average Bonchev–Trinajstić information content (AvgIpc) is 1.88. The maximum atomic E-state index is 11.6. The normalized spacial score (nSPS) is 12.5. The highest BCUT2D eigenvalue weighted by atomic mass is 28.3. The van der Waals surface area contributed by atoms with E-state index in [0.29, 0.717) is 0 Å². The van der Waals surface area contributed by atoms with Crippen LogP contribution in [0.4, 0.5) is 13.2 Å². The van der Waals surface area contributed by atoms with Gasteiger partial charge < -0.3 is 8.85 Å². The van der Waals surface area contributed by atoms with E-state index in [2.05, 4.69) is 0 Å². The van der Waals surface area contributed by atoms with Crippen LogP contribution in [-0.4, -0.2) is 29.7 Å². The standard InChI is InChI=1S/C5H11F3O2Si/c1-9-11(10-2)4-3-5(6,7)8/h11H,3-4H2,1-2H3. The molecule has 6 heteroatoms. The van der Waals surface area contributed by atoms with Gasteiger partial charge in [0, 0.05) is 20.6 Å². The molecule has 0 rings (SSSR count). The predicted molar refractivity (Wildman–Crippen MR) is 36.6 cm³/mol. The number of hydrogen-bond donors (Lipinski definition) is 0. The van der Waals surface area contributed by atoms with E-state index in [-0.39, 0.29) is 6.04 Å². The minimum Gasteiger partial charge on any atom is -0.400 e. The zero-order valence-corrected chi connectivity index (χ0v) is 7.60. The Morgan fingerprint density at radius 1 is 1.18 bits per heavy atom. The first-order chi connectivity index (χ1) is 4.99. The van der Waals surface area contributed by atoms with Gasteiger partial charge in [-0.2, -0.15) is 13.2 Å². The topological polar surface area (TPSA) is 18.5 Å². The molecule has 0 aliphatic rings. The Hall–Kier alpha value is -0.0731. The second kappa shape index (κ2) is 4.73. The van der Waals surface area contributed by atoms with Crippen LogP contribution in [0.25, 0.3) is 0 Å². The molecule has 0 aliphatic carbocycles. The van der Waals surface area contributed by atoms with Gasteiger partial charge in [-0.1, -0.05) is 0 Å². The molecule has 0 bridgehead atoms. The van der Waals surface area contributed by atoms with Gasteiger partial charge in [0.25, 0.3) is 0 Å². The van der Waals surface area contributed by atoms with Gasteiger partial charge in [0.2, 0.25) is 0 Å². The number of halogens is 3. The summed E-state index contributed by atoms with van der Waals surface area (Å²) in [5, 5.41) is 0. The van der Waals surface area contributed by atoms with E-state index in [9.17, 15) is 13.2 Å². The summed E-state index contributed by atoms with van der Waals surface area (Å²) in [6.07, 6.45) is -4.91. The lowest BCUT2D eigenvalue weighted by molar-refractivity contribution is -0.131. The van der Waals surface area contributed by atoms with Gasteiger partial charge in [0.1, 0.15) is 0 Å². The van der Waals surface area contributed by atoms with Crippen LogP contribution in [0.2, 0.25) is 6.04 Å². The summed E-state index contributed by atoms with van der Waals surface area (Å²) in [5.74, 6) is 0. The van der Waals surface area contributed by atoms with Crippen molar-refractivity contribution in [1.29, 1.82) is 0 Å². The smallest absolute Gasteiger partial charge is 0.389 e. The minimum absolute atomic E-state index is 0.0174. The van der Waals surface area contributed by atoms with Crippen molar-refractivity contribution >= 4 is 9.28 Å². The van der Waals surface area contributed by atoms with Crippen LogP contribution in [0.3, 0.4) is 0 Å². The van der Waals surface area contributed by atoms with Gasteiger partial charge in [0.05, 0.1) is 0 Å². The zero-order chi connectivity index (χ0) is 8.91. The molecule has 0 N–H and O–H groups in total. The first kappa shape index (κ1) is 10.9. The maximum Gasteiger partial charge on any atom is 0.389 e. The third kappa shape index (κ3) is 6.33. The molecule has 0 saturated carbocycles. The molecule has 0 aromatic heterocycles. The average molecular weight is 188 g/mol. The van der Waals surface area contributed by atoms with E-state index in [1.807, 2.05) is 0 Å². The lowest BCUT2D eigenvalue weighted by Gasteiger charge is -2.11. The summed E-state index contributed by atoms with van der Waals surface area (Å²) >= 11 is 0. The van der Waals surface area contributed by atoms with Gasteiger partial charge in [-0.15, -0.1) is 0 Å². The summed E-state index contributed by atoms with van der Waals surface area (Å²) in [6.45, 7) is 0. The summed E-state index contributed by atoms with van der Waals surface area (Å²) in [5.41, 5.74) is 0. The summed E-state index contributed by atoms with van der Waals surface area (Å²) in [6, 6.07) is -0.0174. The van der Waals surface area contributed by atoms with Crippen molar-refractivity contribution < 1.29 is 22.0 Å². The summed E-state index contributed by atoms with van der Waals surface area (Å²) in [7, 11) is 0.732. The van der Waals surface area contributed by atoms with Gasteiger partial charge in [0.15, 0.2) is 0 Å². The highest BCUT2D eigenvalue weighted by Crippen LogP contribution is 2.22. The van der Waals surface area contributed by atoms with Crippen LogP contribution in [-0.2, 0) is 8.85 Å². The van der Waals surface area contributed by atoms with Gasteiger partial charge in [-0.25, -0.2) is 0 Å². The van der Waals surface area contributed by atoms with Crippen molar-refractivity contribution in [3.8, 4) is 0 Å². The fraction of sp³-hybridized carbons (Fsp3) is 1.00. The number of rotatable bonds is 4. The third-order valence-electron chi connectivity index (χ3n) is 1.19. The molecule has 0 aromatic rings. The Morgan fingerprint density at radius 3 is 1.91 bits per heavy atom. The second-order valence-electron chi connectivity index (χ2n) is 2.05. The Bertz CT molecular complexity index is 102. The van der Waals surface area contributed by atoms with Crippen LogP contribution < -0.4 is 0 Å². The molecule has 0 atom stereocenters. The van der Waals surface area contributed by atoms with E-state index < -0.39 is 21.9 Å². The Labute approximate surface area is 65.1 Å². The molecule has 0 aliphatic heterocycles. The molecule has 0 aromatic carbocycles. The minimum atomic E-state index is -4.09. The molecule has 0 fully saturated rings.